The third kappa shape index (κ3) is 3.92. The van der Waals surface area contributed by atoms with E-state index < -0.39 is 0 Å². The van der Waals surface area contributed by atoms with Gasteiger partial charge >= 0.3 is 0 Å². The zero-order valence-corrected chi connectivity index (χ0v) is 13.2. The number of hydrogen-bond acceptors (Lipinski definition) is 6. The molecule has 3 heterocycles. The molecule has 2 aromatic rings. The van der Waals surface area contributed by atoms with Gasteiger partial charge in [0.1, 0.15) is 11.6 Å². The van der Waals surface area contributed by atoms with Crippen LogP contribution in [0.5, 0.6) is 0 Å². The minimum Gasteiger partial charge on any atom is -0.370 e. The van der Waals surface area contributed by atoms with Crippen molar-refractivity contribution in [2.45, 2.75) is 13.5 Å². The van der Waals surface area contributed by atoms with Crippen LogP contribution in [0.25, 0.3) is 0 Å². The Kier molecular flexibility index (Phi) is 4.97. The summed E-state index contributed by atoms with van der Waals surface area (Å²) in [5.41, 5.74) is 0.693. The molecule has 7 heteroatoms. The van der Waals surface area contributed by atoms with Crippen LogP contribution in [0.4, 0.5) is 16.2 Å². The first-order chi connectivity index (χ1) is 11.3. The normalized spacial score (nSPS) is 15.7. The van der Waals surface area contributed by atoms with Crippen molar-refractivity contribution < 1.29 is 4.39 Å². The number of nitrogens with one attached hydrogen (secondary N) is 1. The molecule has 0 aromatic carbocycles. The Morgan fingerprint density at radius 3 is 2.74 bits per heavy atom. The number of hydrogen-bond donors (Lipinski definition) is 1. The van der Waals surface area contributed by atoms with Crippen LogP contribution >= 0.6 is 0 Å². The SMILES string of the molecule is CCNc1ccnc(N2CCN(Cc3ccncc3F)CC2)n1. The van der Waals surface area contributed by atoms with Crippen molar-refractivity contribution in [1.82, 2.24) is 19.9 Å². The van der Waals surface area contributed by atoms with Crippen molar-refractivity contribution in [3.05, 3.63) is 42.1 Å². The summed E-state index contributed by atoms with van der Waals surface area (Å²) in [6.45, 7) is 6.87. The summed E-state index contributed by atoms with van der Waals surface area (Å²) in [5, 5.41) is 3.20. The van der Waals surface area contributed by atoms with Gasteiger partial charge in [-0.15, -0.1) is 0 Å². The molecule has 0 atom stereocenters. The zero-order chi connectivity index (χ0) is 16.1. The summed E-state index contributed by atoms with van der Waals surface area (Å²) in [6, 6.07) is 3.61. The van der Waals surface area contributed by atoms with E-state index in [0.717, 1.165) is 44.5 Å². The van der Waals surface area contributed by atoms with Crippen molar-refractivity contribution in [3.63, 3.8) is 0 Å². The fourth-order valence-corrected chi connectivity index (χ4v) is 2.66. The fraction of sp³-hybridized carbons (Fsp3) is 0.438. The number of rotatable bonds is 5. The van der Waals surface area contributed by atoms with Crippen LogP contribution < -0.4 is 10.2 Å². The predicted octanol–water partition coefficient (Wildman–Crippen LogP) is 1.76. The summed E-state index contributed by atoms with van der Waals surface area (Å²) >= 11 is 0. The van der Waals surface area contributed by atoms with Crippen LogP contribution in [0.3, 0.4) is 0 Å². The molecular formula is C16H21FN6. The summed E-state index contributed by atoms with van der Waals surface area (Å²) in [6.07, 6.45) is 4.68. The molecule has 1 saturated heterocycles. The molecule has 0 spiro atoms. The van der Waals surface area contributed by atoms with E-state index in [1.54, 1.807) is 18.5 Å². The largest absolute Gasteiger partial charge is 0.370 e. The lowest BCUT2D eigenvalue weighted by molar-refractivity contribution is 0.245. The smallest absolute Gasteiger partial charge is 0.227 e. The van der Waals surface area contributed by atoms with Crippen LogP contribution in [0.2, 0.25) is 0 Å². The summed E-state index contributed by atoms with van der Waals surface area (Å²) in [7, 11) is 0. The molecule has 0 unspecified atom stereocenters. The van der Waals surface area contributed by atoms with Gasteiger partial charge < -0.3 is 10.2 Å². The number of pyridine rings is 1. The highest BCUT2D eigenvalue weighted by atomic mass is 19.1. The van der Waals surface area contributed by atoms with E-state index in [1.165, 1.54) is 6.20 Å². The van der Waals surface area contributed by atoms with Gasteiger partial charge in [-0.05, 0) is 19.1 Å². The molecule has 0 amide bonds. The minimum atomic E-state index is -0.239. The minimum absolute atomic E-state index is 0.239. The summed E-state index contributed by atoms with van der Waals surface area (Å²) in [5.74, 6) is 1.36. The molecule has 0 saturated carbocycles. The van der Waals surface area contributed by atoms with E-state index in [1.807, 2.05) is 13.0 Å². The molecule has 0 bridgehead atoms. The molecule has 1 fully saturated rings. The predicted molar refractivity (Wildman–Crippen MR) is 87.9 cm³/mol. The number of nitrogens with zero attached hydrogens (tertiary/aromatic N) is 5. The first kappa shape index (κ1) is 15.6. The standard InChI is InChI=1S/C16H21FN6/c1-2-19-15-4-6-20-16(21-15)23-9-7-22(8-10-23)12-13-3-5-18-11-14(13)17/h3-6,11H,2,7-10,12H2,1H3,(H,19,20,21). The Morgan fingerprint density at radius 2 is 2.00 bits per heavy atom. The third-order valence-corrected chi connectivity index (χ3v) is 3.91. The van der Waals surface area contributed by atoms with Gasteiger partial charge in [-0.1, -0.05) is 0 Å². The molecule has 0 radical (unpaired) electrons. The van der Waals surface area contributed by atoms with E-state index in [-0.39, 0.29) is 5.82 Å². The first-order valence-corrected chi connectivity index (χ1v) is 7.89. The Bertz CT molecular complexity index is 642. The van der Waals surface area contributed by atoms with Gasteiger partial charge in [0, 0.05) is 57.2 Å². The average molecular weight is 316 g/mol. The number of halogens is 1. The number of piperazine rings is 1. The second kappa shape index (κ2) is 7.32. The van der Waals surface area contributed by atoms with Crippen LogP contribution in [0.1, 0.15) is 12.5 Å². The molecule has 122 valence electrons. The van der Waals surface area contributed by atoms with Gasteiger partial charge in [0.2, 0.25) is 5.95 Å². The molecule has 0 aliphatic carbocycles. The summed E-state index contributed by atoms with van der Waals surface area (Å²) < 4.78 is 13.7. The quantitative estimate of drug-likeness (QED) is 0.907. The summed E-state index contributed by atoms with van der Waals surface area (Å²) in [4.78, 5) is 17.1. The van der Waals surface area contributed by atoms with Gasteiger partial charge in [-0.25, -0.2) is 9.37 Å². The van der Waals surface area contributed by atoms with Crippen molar-refractivity contribution >= 4 is 11.8 Å². The van der Waals surface area contributed by atoms with Gasteiger partial charge in [-0.3, -0.25) is 9.88 Å². The van der Waals surface area contributed by atoms with Gasteiger partial charge in [0.15, 0.2) is 0 Å². The van der Waals surface area contributed by atoms with E-state index in [2.05, 4.69) is 30.1 Å². The number of anilines is 2. The van der Waals surface area contributed by atoms with E-state index in [9.17, 15) is 4.39 Å². The maximum absolute atomic E-state index is 13.7. The third-order valence-electron chi connectivity index (χ3n) is 3.91. The van der Waals surface area contributed by atoms with Gasteiger partial charge in [0.25, 0.3) is 0 Å². The van der Waals surface area contributed by atoms with Crippen LogP contribution in [0, 0.1) is 5.82 Å². The van der Waals surface area contributed by atoms with E-state index in [4.69, 9.17) is 0 Å². The van der Waals surface area contributed by atoms with Crippen molar-refractivity contribution in [2.24, 2.45) is 0 Å². The van der Waals surface area contributed by atoms with Crippen molar-refractivity contribution in [2.75, 3.05) is 42.9 Å². The monoisotopic (exact) mass is 316 g/mol. The van der Waals surface area contributed by atoms with E-state index >= 15 is 0 Å². The van der Waals surface area contributed by atoms with Crippen LogP contribution in [-0.2, 0) is 6.54 Å². The Balaban J connectivity index is 1.58. The van der Waals surface area contributed by atoms with Gasteiger partial charge in [0.05, 0.1) is 6.20 Å². The highest BCUT2D eigenvalue weighted by Gasteiger charge is 2.20. The first-order valence-electron chi connectivity index (χ1n) is 7.89. The average Bonchev–Trinajstić information content (AvgIpc) is 2.58. The lowest BCUT2D eigenvalue weighted by atomic mass is 10.2. The zero-order valence-electron chi connectivity index (χ0n) is 13.2. The van der Waals surface area contributed by atoms with Crippen LogP contribution in [0.15, 0.2) is 30.7 Å². The maximum Gasteiger partial charge on any atom is 0.227 e. The van der Waals surface area contributed by atoms with E-state index in [0.29, 0.717) is 12.1 Å². The lowest BCUT2D eigenvalue weighted by Gasteiger charge is -2.34. The molecule has 1 aliphatic rings. The molecule has 1 N–H and O–H groups in total. The Labute approximate surface area is 135 Å². The molecule has 1 aliphatic heterocycles. The van der Waals surface area contributed by atoms with Crippen molar-refractivity contribution in [1.29, 1.82) is 0 Å². The molecule has 23 heavy (non-hydrogen) atoms. The fourth-order valence-electron chi connectivity index (χ4n) is 2.66. The molecular weight excluding hydrogens is 295 g/mol. The maximum atomic E-state index is 13.7. The van der Waals surface area contributed by atoms with Crippen LogP contribution in [-0.4, -0.2) is 52.6 Å². The molecule has 2 aromatic heterocycles. The Morgan fingerprint density at radius 1 is 1.17 bits per heavy atom. The second-order valence-electron chi connectivity index (χ2n) is 5.50. The van der Waals surface area contributed by atoms with Gasteiger partial charge in [-0.2, -0.15) is 4.98 Å². The molecule has 3 rings (SSSR count). The topological polar surface area (TPSA) is 57.2 Å². The lowest BCUT2D eigenvalue weighted by Crippen LogP contribution is -2.46. The highest BCUT2D eigenvalue weighted by Crippen LogP contribution is 2.15. The number of aromatic nitrogens is 3. The highest BCUT2D eigenvalue weighted by molar-refractivity contribution is 5.41. The Hall–Kier alpha value is -2.28. The molecule has 6 nitrogen and oxygen atoms in total. The second-order valence-corrected chi connectivity index (χ2v) is 5.50. The van der Waals surface area contributed by atoms with Crippen molar-refractivity contribution in [3.8, 4) is 0 Å².